The predicted octanol–water partition coefficient (Wildman–Crippen LogP) is 7.91. The first kappa shape index (κ1) is 32.0. The SMILES string of the molecule is CCCCCCCCCOC(CC)O[C@H]1O[C@H]([C@@H](C)OCCCCCCCCC)[C@@H]2OC(C)(C)O[C@H]12. The maximum Gasteiger partial charge on any atom is 0.190 e. The lowest BCUT2D eigenvalue weighted by Gasteiger charge is -2.28. The Morgan fingerprint density at radius 2 is 1.17 bits per heavy atom. The molecule has 0 N–H and O–H groups in total. The van der Waals surface area contributed by atoms with Crippen LogP contribution in [0.4, 0.5) is 0 Å². The van der Waals surface area contributed by atoms with Crippen LogP contribution in [0.2, 0.25) is 0 Å². The first-order chi connectivity index (χ1) is 17.4. The molecule has 0 saturated carbocycles. The molecule has 0 bridgehead atoms. The lowest BCUT2D eigenvalue weighted by molar-refractivity contribution is -0.288. The van der Waals surface area contributed by atoms with E-state index >= 15 is 0 Å². The Labute approximate surface area is 222 Å². The molecule has 0 aliphatic carbocycles. The molecule has 0 aromatic carbocycles. The van der Waals surface area contributed by atoms with Crippen molar-refractivity contribution in [2.45, 2.75) is 181 Å². The summed E-state index contributed by atoms with van der Waals surface area (Å²) >= 11 is 0. The predicted molar refractivity (Wildman–Crippen MR) is 145 cm³/mol. The highest BCUT2D eigenvalue weighted by Gasteiger charge is 2.57. The van der Waals surface area contributed by atoms with Gasteiger partial charge in [-0.25, -0.2) is 0 Å². The smallest absolute Gasteiger partial charge is 0.190 e. The Kier molecular flexibility index (Phi) is 16.1. The second-order valence-corrected chi connectivity index (χ2v) is 11.2. The third-order valence-electron chi connectivity index (χ3n) is 7.31. The first-order valence-corrected chi connectivity index (χ1v) is 15.3. The van der Waals surface area contributed by atoms with Gasteiger partial charge in [0, 0.05) is 13.2 Å². The van der Waals surface area contributed by atoms with E-state index in [-0.39, 0.29) is 30.7 Å². The molecule has 2 aliphatic heterocycles. The number of hydrogen-bond donors (Lipinski definition) is 0. The highest BCUT2D eigenvalue weighted by molar-refractivity contribution is 4.97. The number of unbranched alkanes of at least 4 members (excludes halogenated alkanes) is 12. The van der Waals surface area contributed by atoms with Crippen LogP contribution in [-0.2, 0) is 28.4 Å². The minimum Gasteiger partial charge on any atom is -0.376 e. The van der Waals surface area contributed by atoms with E-state index in [0.717, 1.165) is 32.5 Å². The summed E-state index contributed by atoms with van der Waals surface area (Å²) in [6.07, 6.45) is 17.0. The third-order valence-corrected chi connectivity index (χ3v) is 7.31. The van der Waals surface area contributed by atoms with Gasteiger partial charge in [-0.1, -0.05) is 97.8 Å². The second kappa shape index (κ2) is 18.1. The van der Waals surface area contributed by atoms with Crippen molar-refractivity contribution >= 4 is 0 Å². The largest absolute Gasteiger partial charge is 0.376 e. The molecule has 0 amide bonds. The van der Waals surface area contributed by atoms with E-state index in [1.165, 1.54) is 77.0 Å². The lowest BCUT2D eigenvalue weighted by atomic mass is 10.1. The normalized spacial score (nSPS) is 26.8. The summed E-state index contributed by atoms with van der Waals surface area (Å²) in [5.74, 6) is -0.655. The van der Waals surface area contributed by atoms with Crippen molar-refractivity contribution in [1.82, 2.24) is 0 Å². The quantitative estimate of drug-likeness (QED) is 0.108. The van der Waals surface area contributed by atoms with Gasteiger partial charge in [0.1, 0.15) is 18.3 Å². The van der Waals surface area contributed by atoms with Crippen molar-refractivity contribution in [1.29, 1.82) is 0 Å². The van der Waals surface area contributed by atoms with Crippen LogP contribution in [0.1, 0.15) is 138 Å². The molecular formula is C30H58O6. The van der Waals surface area contributed by atoms with Crippen molar-refractivity contribution < 1.29 is 28.4 Å². The molecule has 0 aromatic heterocycles. The molecule has 2 saturated heterocycles. The van der Waals surface area contributed by atoms with Crippen LogP contribution in [0.15, 0.2) is 0 Å². The molecule has 6 atom stereocenters. The van der Waals surface area contributed by atoms with E-state index in [1.54, 1.807) is 0 Å². The highest BCUT2D eigenvalue weighted by atomic mass is 16.8. The molecule has 0 radical (unpaired) electrons. The fourth-order valence-electron chi connectivity index (χ4n) is 5.18. The number of ether oxygens (including phenoxy) is 6. The molecule has 1 unspecified atom stereocenters. The van der Waals surface area contributed by atoms with E-state index < -0.39 is 12.1 Å². The molecule has 2 heterocycles. The van der Waals surface area contributed by atoms with E-state index in [1.807, 2.05) is 13.8 Å². The van der Waals surface area contributed by atoms with Gasteiger partial charge in [0.25, 0.3) is 0 Å². The summed E-state index contributed by atoms with van der Waals surface area (Å²) in [5, 5.41) is 0. The standard InChI is InChI=1S/C30H58O6/c1-7-10-12-14-16-18-20-22-31-24(4)26-27-28(36-30(5,6)35-27)29(34-26)33-25(9-3)32-23-21-19-17-15-13-11-8-2/h24-29H,7-23H2,1-6H3/t24-,25?,26-,27+,28+,29+/m1/s1. The van der Waals surface area contributed by atoms with Gasteiger partial charge in [0.15, 0.2) is 18.4 Å². The van der Waals surface area contributed by atoms with Crippen LogP contribution < -0.4 is 0 Å². The number of hydrogen-bond acceptors (Lipinski definition) is 6. The van der Waals surface area contributed by atoms with E-state index in [2.05, 4.69) is 27.7 Å². The monoisotopic (exact) mass is 514 g/mol. The minimum atomic E-state index is -0.655. The van der Waals surface area contributed by atoms with E-state index in [4.69, 9.17) is 28.4 Å². The summed E-state index contributed by atoms with van der Waals surface area (Å²) in [6.45, 7) is 14.1. The Balaban J connectivity index is 1.74. The summed E-state index contributed by atoms with van der Waals surface area (Å²) in [7, 11) is 0. The van der Waals surface area contributed by atoms with Gasteiger partial charge < -0.3 is 28.4 Å². The average molecular weight is 515 g/mol. The fourth-order valence-corrected chi connectivity index (χ4v) is 5.18. The molecule has 6 heteroatoms. The van der Waals surface area contributed by atoms with Gasteiger partial charge >= 0.3 is 0 Å². The maximum atomic E-state index is 6.34. The number of fused-ring (bicyclic) bond motifs is 1. The van der Waals surface area contributed by atoms with Crippen LogP contribution in [0.3, 0.4) is 0 Å². The highest BCUT2D eigenvalue weighted by Crippen LogP contribution is 2.41. The van der Waals surface area contributed by atoms with Crippen LogP contribution in [0, 0.1) is 0 Å². The van der Waals surface area contributed by atoms with Crippen molar-refractivity contribution in [2.75, 3.05) is 13.2 Å². The number of rotatable bonds is 22. The van der Waals surface area contributed by atoms with Crippen molar-refractivity contribution in [3.63, 3.8) is 0 Å². The maximum absolute atomic E-state index is 6.34. The summed E-state index contributed by atoms with van der Waals surface area (Å²) in [5.41, 5.74) is 0. The van der Waals surface area contributed by atoms with Crippen LogP contribution in [0.25, 0.3) is 0 Å². The summed E-state index contributed by atoms with van der Waals surface area (Å²) in [4.78, 5) is 0. The summed E-state index contributed by atoms with van der Waals surface area (Å²) < 4.78 is 37.3. The van der Waals surface area contributed by atoms with Crippen molar-refractivity contribution in [2.24, 2.45) is 0 Å². The van der Waals surface area contributed by atoms with E-state index in [0.29, 0.717) is 0 Å². The third kappa shape index (κ3) is 11.7. The van der Waals surface area contributed by atoms with Crippen LogP contribution in [-0.4, -0.2) is 56.0 Å². The van der Waals surface area contributed by atoms with Gasteiger partial charge in [-0.2, -0.15) is 0 Å². The minimum absolute atomic E-state index is 0.0857. The summed E-state index contributed by atoms with van der Waals surface area (Å²) in [6, 6.07) is 0. The van der Waals surface area contributed by atoms with Gasteiger partial charge in [-0.05, 0) is 40.0 Å². The molecule has 2 rings (SSSR count). The zero-order valence-electron chi connectivity index (χ0n) is 24.4. The lowest BCUT2D eigenvalue weighted by Crippen LogP contribution is -2.38. The fraction of sp³-hybridized carbons (Fsp3) is 1.00. The molecule has 2 fully saturated rings. The molecule has 0 aromatic rings. The molecule has 214 valence electrons. The average Bonchev–Trinajstić information content (AvgIpc) is 3.34. The Morgan fingerprint density at radius 3 is 1.72 bits per heavy atom. The van der Waals surface area contributed by atoms with Crippen molar-refractivity contribution in [3.05, 3.63) is 0 Å². The molecule has 36 heavy (non-hydrogen) atoms. The molecule has 2 aliphatic rings. The molecule has 0 spiro atoms. The Hall–Kier alpha value is -0.240. The van der Waals surface area contributed by atoms with Gasteiger partial charge in [-0.15, -0.1) is 0 Å². The first-order valence-electron chi connectivity index (χ1n) is 15.3. The van der Waals surface area contributed by atoms with Gasteiger partial charge in [0.05, 0.1) is 6.10 Å². The Morgan fingerprint density at radius 1 is 0.667 bits per heavy atom. The Bertz CT molecular complexity index is 542. The van der Waals surface area contributed by atoms with Crippen LogP contribution in [0.5, 0.6) is 0 Å². The zero-order valence-corrected chi connectivity index (χ0v) is 24.4. The van der Waals surface area contributed by atoms with E-state index in [9.17, 15) is 0 Å². The van der Waals surface area contributed by atoms with Crippen LogP contribution >= 0.6 is 0 Å². The van der Waals surface area contributed by atoms with Crippen molar-refractivity contribution in [3.8, 4) is 0 Å². The molecule has 6 nitrogen and oxygen atoms in total. The topological polar surface area (TPSA) is 55.4 Å². The zero-order chi connectivity index (χ0) is 26.2. The van der Waals surface area contributed by atoms with Gasteiger partial charge in [-0.3, -0.25) is 0 Å². The van der Waals surface area contributed by atoms with Gasteiger partial charge in [0.2, 0.25) is 0 Å². The molecular weight excluding hydrogens is 456 g/mol. The second-order valence-electron chi connectivity index (χ2n) is 11.2.